The van der Waals surface area contributed by atoms with Crippen molar-refractivity contribution in [2.45, 2.75) is 0 Å². The topological polar surface area (TPSA) is 9.23 Å². The molecule has 0 amide bonds. The number of hydrogen-bond donors (Lipinski definition) is 2. The van der Waals surface area contributed by atoms with Crippen molar-refractivity contribution in [3.8, 4) is 0 Å². The van der Waals surface area contributed by atoms with E-state index < -0.39 is 0 Å². The average Bonchev–Trinajstić information content (AvgIpc) is 1.87. The largest absolute Gasteiger partial charge is 0.296 e. The van der Waals surface area contributed by atoms with Gasteiger partial charge in [-0.05, 0) is 12.5 Å². The van der Waals surface area contributed by atoms with E-state index in [0.717, 1.165) is 11.5 Å². The van der Waals surface area contributed by atoms with E-state index in [1.54, 1.807) is 0 Å². The lowest BCUT2D eigenvalue weighted by molar-refractivity contribution is 0.734. The van der Waals surface area contributed by atoms with E-state index in [-0.39, 0.29) is 22.4 Å². The molecule has 72 valence electrons. The fourth-order valence-corrected chi connectivity index (χ4v) is 5.02. The van der Waals surface area contributed by atoms with Gasteiger partial charge < -0.3 is 0 Å². The Labute approximate surface area is 84.9 Å². The van der Waals surface area contributed by atoms with Crippen molar-refractivity contribution >= 4 is 45.6 Å². The fourth-order valence-electron chi connectivity index (χ4n) is 0.558. The van der Waals surface area contributed by atoms with Gasteiger partial charge in [0.05, 0.1) is 0 Å². The summed E-state index contributed by atoms with van der Waals surface area (Å²) in [5.41, 5.74) is 0. The molecule has 5 heteroatoms. The lowest BCUT2D eigenvalue weighted by Crippen LogP contribution is -1.96. The number of thiol groups is 2. The van der Waals surface area contributed by atoms with Crippen LogP contribution in [0.3, 0.4) is 0 Å². The molecule has 0 aromatic heterocycles. The normalized spacial score (nSPS) is 19.6. The Balaban J connectivity index is 3.32. The molecule has 0 aliphatic carbocycles. The highest BCUT2D eigenvalue weighted by atomic mass is 35.5. The number of alkyl halides is 2. The molecular formula is C6H16Cl2OS2. The van der Waals surface area contributed by atoms with Crippen LogP contribution in [0.5, 0.6) is 0 Å². The summed E-state index contributed by atoms with van der Waals surface area (Å²) in [6.07, 6.45) is 4.23. The van der Waals surface area contributed by atoms with Crippen molar-refractivity contribution in [2.24, 2.45) is 0 Å². The maximum Gasteiger partial charge on any atom is 0.0317 e. The van der Waals surface area contributed by atoms with Crippen molar-refractivity contribution in [3.05, 3.63) is 0 Å². The monoisotopic (exact) mass is 238 g/mol. The third kappa shape index (κ3) is 7.60. The third-order valence-electron chi connectivity index (χ3n) is 1.08. The van der Waals surface area contributed by atoms with Gasteiger partial charge in [-0.25, -0.2) is 0 Å². The Morgan fingerprint density at radius 2 is 1.36 bits per heavy atom. The predicted octanol–water partition coefficient (Wildman–Crippen LogP) is 2.57. The van der Waals surface area contributed by atoms with E-state index in [1.165, 1.54) is 0 Å². The van der Waals surface area contributed by atoms with Crippen LogP contribution in [0.1, 0.15) is 0 Å². The second-order valence-electron chi connectivity index (χ2n) is 2.16. The highest BCUT2D eigenvalue weighted by molar-refractivity contribution is 8.24. The zero-order chi connectivity index (χ0) is 8.69. The van der Waals surface area contributed by atoms with Crippen molar-refractivity contribution < 1.29 is 3.63 Å². The highest BCUT2D eigenvalue weighted by Gasteiger charge is 2.00. The molecule has 0 saturated carbocycles. The van der Waals surface area contributed by atoms with Crippen LogP contribution in [0.15, 0.2) is 0 Å². The molecule has 0 aromatic carbocycles. The van der Waals surface area contributed by atoms with E-state index in [2.05, 4.69) is 12.5 Å². The Morgan fingerprint density at radius 1 is 1.00 bits per heavy atom. The van der Waals surface area contributed by atoms with Gasteiger partial charge in [0.25, 0.3) is 0 Å². The summed E-state index contributed by atoms with van der Waals surface area (Å²) in [5.74, 6) is 3.39. The van der Waals surface area contributed by atoms with Crippen LogP contribution in [-0.4, -0.2) is 35.8 Å². The number of halogens is 2. The van der Waals surface area contributed by atoms with Crippen LogP contribution < -0.4 is 0 Å². The molecule has 2 unspecified atom stereocenters. The SMILES string of the molecule is C[SH](CCCl)O[SH](C)CCCl. The molecule has 0 fully saturated rings. The first-order valence-electron chi connectivity index (χ1n) is 3.43. The standard InChI is InChI=1S/C6H16Cl2OS2/c1-10(5-3-7)9-11(2)6-4-8/h10-11H,3-6H2,1-2H3. The molecule has 0 N–H and O–H groups in total. The second kappa shape index (κ2) is 7.87. The van der Waals surface area contributed by atoms with Crippen LogP contribution in [0.25, 0.3) is 0 Å². The van der Waals surface area contributed by atoms with Gasteiger partial charge in [0.2, 0.25) is 0 Å². The summed E-state index contributed by atoms with van der Waals surface area (Å²) in [4.78, 5) is 0. The maximum absolute atomic E-state index is 5.69. The number of rotatable bonds is 6. The summed E-state index contributed by atoms with van der Waals surface area (Å²) in [6.45, 7) is 0. The van der Waals surface area contributed by atoms with Gasteiger partial charge >= 0.3 is 0 Å². The molecule has 11 heavy (non-hydrogen) atoms. The summed E-state index contributed by atoms with van der Waals surface area (Å²) >= 11 is 10.6. The van der Waals surface area contributed by atoms with E-state index in [0.29, 0.717) is 11.8 Å². The van der Waals surface area contributed by atoms with Gasteiger partial charge in [-0.15, -0.1) is 45.6 Å². The van der Waals surface area contributed by atoms with E-state index in [9.17, 15) is 0 Å². The predicted molar refractivity (Wildman–Crippen MR) is 62.1 cm³/mol. The zero-order valence-electron chi connectivity index (χ0n) is 6.89. The van der Waals surface area contributed by atoms with Gasteiger partial charge in [-0.2, -0.15) is 0 Å². The first-order valence-corrected chi connectivity index (χ1v) is 8.28. The molecule has 0 spiro atoms. The summed E-state index contributed by atoms with van der Waals surface area (Å²) in [6, 6.07) is 0. The van der Waals surface area contributed by atoms with Gasteiger partial charge in [-0.3, -0.25) is 3.63 Å². The second-order valence-corrected chi connectivity index (χ2v) is 6.98. The van der Waals surface area contributed by atoms with Gasteiger partial charge in [0, 0.05) is 23.3 Å². The molecule has 0 bridgehead atoms. The summed E-state index contributed by atoms with van der Waals surface area (Å²) < 4.78 is 5.69. The minimum absolute atomic E-state index is 0.293. The smallest absolute Gasteiger partial charge is 0.0317 e. The van der Waals surface area contributed by atoms with Crippen molar-refractivity contribution in [1.82, 2.24) is 0 Å². The molecule has 0 saturated heterocycles. The third-order valence-corrected chi connectivity index (χ3v) is 5.92. The average molecular weight is 239 g/mol. The molecule has 0 aliphatic rings. The van der Waals surface area contributed by atoms with Crippen LogP contribution in [0, 0.1) is 0 Å². The fraction of sp³-hybridized carbons (Fsp3) is 1.00. The van der Waals surface area contributed by atoms with Gasteiger partial charge in [0.1, 0.15) is 0 Å². The summed E-state index contributed by atoms with van der Waals surface area (Å²) in [5, 5.41) is 0. The van der Waals surface area contributed by atoms with E-state index >= 15 is 0 Å². The van der Waals surface area contributed by atoms with Crippen LogP contribution in [0.2, 0.25) is 0 Å². The van der Waals surface area contributed by atoms with Crippen molar-refractivity contribution in [2.75, 3.05) is 35.8 Å². The Hall–Kier alpha value is 1.24. The van der Waals surface area contributed by atoms with Crippen LogP contribution in [0.4, 0.5) is 0 Å². The molecule has 0 rings (SSSR count). The first kappa shape index (κ1) is 12.2. The van der Waals surface area contributed by atoms with Crippen molar-refractivity contribution in [1.29, 1.82) is 0 Å². The molecule has 0 heterocycles. The maximum atomic E-state index is 5.69. The highest BCUT2D eigenvalue weighted by Crippen LogP contribution is 2.36. The molecule has 1 nitrogen and oxygen atoms in total. The lowest BCUT2D eigenvalue weighted by Gasteiger charge is -2.22. The number of hydrogen-bond acceptors (Lipinski definition) is 1. The molecule has 0 aromatic rings. The van der Waals surface area contributed by atoms with E-state index in [4.69, 9.17) is 26.8 Å². The Bertz CT molecular complexity index is 84.7. The summed E-state index contributed by atoms with van der Waals surface area (Å²) in [7, 11) is 0. The molecule has 0 aliphatic heterocycles. The minimum Gasteiger partial charge on any atom is -0.296 e. The molecular weight excluding hydrogens is 223 g/mol. The quantitative estimate of drug-likeness (QED) is 0.535. The van der Waals surface area contributed by atoms with Gasteiger partial charge in [-0.1, -0.05) is 0 Å². The lowest BCUT2D eigenvalue weighted by atomic mass is 11.0. The van der Waals surface area contributed by atoms with Crippen LogP contribution in [-0.2, 0) is 3.63 Å². The van der Waals surface area contributed by atoms with Crippen LogP contribution >= 0.6 is 45.6 Å². The minimum atomic E-state index is -0.293. The van der Waals surface area contributed by atoms with Gasteiger partial charge in [0.15, 0.2) is 0 Å². The zero-order valence-corrected chi connectivity index (χ0v) is 10.2. The Morgan fingerprint density at radius 3 is 1.64 bits per heavy atom. The molecule has 2 atom stereocenters. The van der Waals surface area contributed by atoms with E-state index in [1.807, 2.05) is 0 Å². The van der Waals surface area contributed by atoms with Crippen molar-refractivity contribution in [3.63, 3.8) is 0 Å². The molecule has 0 radical (unpaired) electrons. The Kier molecular flexibility index (Phi) is 8.75. The first-order chi connectivity index (χ1) is 5.20.